The van der Waals surface area contributed by atoms with Crippen LogP contribution in [0.3, 0.4) is 0 Å². The van der Waals surface area contributed by atoms with E-state index in [2.05, 4.69) is 41.8 Å². The predicted molar refractivity (Wildman–Crippen MR) is 120 cm³/mol. The third-order valence-electron chi connectivity index (χ3n) is 3.32. The highest BCUT2D eigenvalue weighted by atomic mass is 79.9. The third-order valence-corrected chi connectivity index (χ3v) is 6.45. The van der Waals surface area contributed by atoms with E-state index in [0.29, 0.717) is 11.1 Å². The number of nitrogens with zero attached hydrogens (tertiary/aromatic N) is 2. The maximum absolute atomic E-state index is 11.3. The summed E-state index contributed by atoms with van der Waals surface area (Å²) in [6, 6.07) is 11.8. The first-order valence-corrected chi connectivity index (χ1v) is 11.5. The summed E-state index contributed by atoms with van der Waals surface area (Å²) >= 11 is 15.5. The van der Waals surface area contributed by atoms with Crippen molar-refractivity contribution in [2.45, 2.75) is 13.3 Å². The molecule has 4 aromatic rings. The lowest BCUT2D eigenvalue weighted by Gasteiger charge is -1.97. The summed E-state index contributed by atoms with van der Waals surface area (Å²) in [7, 11) is 0. The first-order chi connectivity index (χ1) is 12.9. The lowest BCUT2D eigenvalue weighted by atomic mass is 10.3. The Balaban J connectivity index is 0.000000166. The van der Waals surface area contributed by atoms with Crippen LogP contribution in [-0.4, -0.2) is 22.5 Å². The summed E-state index contributed by atoms with van der Waals surface area (Å²) in [5, 5.41) is 0.798. The minimum absolute atomic E-state index is 0.222. The Morgan fingerprint density at radius 3 is 2.26 bits per heavy atom. The van der Waals surface area contributed by atoms with Crippen molar-refractivity contribution in [2.24, 2.45) is 0 Å². The minimum Gasteiger partial charge on any atom is -0.466 e. The number of rotatable bonds is 3. The molecule has 140 valence electrons. The monoisotopic (exact) mass is 546 g/mol. The molecule has 0 spiro atoms. The summed E-state index contributed by atoms with van der Waals surface area (Å²) in [4.78, 5) is 19.8. The number of carbonyl (C=O) groups is 1. The van der Waals surface area contributed by atoms with Gasteiger partial charge in [0.15, 0.2) is 4.47 Å². The molecule has 4 rings (SSSR count). The van der Waals surface area contributed by atoms with Crippen LogP contribution in [0.1, 0.15) is 11.9 Å². The molecule has 0 atom stereocenters. The van der Waals surface area contributed by atoms with Gasteiger partial charge in [0.2, 0.25) is 0 Å². The van der Waals surface area contributed by atoms with E-state index in [1.54, 1.807) is 6.92 Å². The van der Waals surface area contributed by atoms with Crippen molar-refractivity contribution in [1.29, 1.82) is 0 Å². The van der Waals surface area contributed by atoms with Crippen LogP contribution < -0.4 is 0 Å². The summed E-state index contributed by atoms with van der Waals surface area (Å²) in [6.45, 7) is 2.21. The Bertz CT molecular complexity index is 1100. The van der Waals surface area contributed by atoms with Crippen LogP contribution in [0.15, 0.2) is 45.3 Å². The summed E-state index contributed by atoms with van der Waals surface area (Å²) < 4.78 is 9.75. The molecule has 0 aliphatic carbocycles. The normalized spacial score (nSPS) is 10.7. The number of fused-ring (bicyclic) bond motifs is 2. The van der Waals surface area contributed by atoms with Gasteiger partial charge in [0.05, 0.1) is 33.5 Å². The number of halogens is 3. The van der Waals surface area contributed by atoms with Gasteiger partial charge >= 0.3 is 5.97 Å². The van der Waals surface area contributed by atoms with E-state index in [0.717, 1.165) is 34.4 Å². The molecule has 2 heterocycles. The lowest BCUT2D eigenvalue weighted by molar-refractivity contribution is -0.142. The lowest BCUT2D eigenvalue weighted by Crippen LogP contribution is -2.06. The van der Waals surface area contributed by atoms with Gasteiger partial charge in [-0.3, -0.25) is 4.79 Å². The molecule has 0 amide bonds. The fourth-order valence-electron chi connectivity index (χ4n) is 2.23. The highest BCUT2D eigenvalue weighted by molar-refractivity contribution is 9.10. The second-order valence-corrected chi connectivity index (χ2v) is 9.84. The van der Waals surface area contributed by atoms with Gasteiger partial charge in [-0.05, 0) is 43.3 Å². The van der Waals surface area contributed by atoms with E-state index in [1.807, 2.05) is 36.4 Å². The average molecular weight is 549 g/mol. The molecule has 2 aromatic carbocycles. The highest BCUT2D eigenvalue weighted by Crippen LogP contribution is 2.28. The topological polar surface area (TPSA) is 52.1 Å². The van der Waals surface area contributed by atoms with E-state index < -0.39 is 0 Å². The molecule has 0 aliphatic heterocycles. The maximum atomic E-state index is 11.3. The quantitative estimate of drug-likeness (QED) is 0.262. The number of esters is 1. The second-order valence-electron chi connectivity index (χ2n) is 5.28. The van der Waals surface area contributed by atoms with E-state index in [1.165, 1.54) is 22.7 Å². The number of hydrogen-bond donors (Lipinski definition) is 0. The summed E-state index contributed by atoms with van der Waals surface area (Å²) in [6.07, 6.45) is 0.255. The van der Waals surface area contributed by atoms with Crippen LogP contribution >= 0.6 is 66.1 Å². The molecule has 0 radical (unpaired) electrons. The summed E-state index contributed by atoms with van der Waals surface area (Å²) in [5.41, 5.74) is 1.88. The van der Waals surface area contributed by atoms with Crippen LogP contribution in [0.25, 0.3) is 20.4 Å². The van der Waals surface area contributed by atoms with Gasteiger partial charge in [-0.2, -0.15) is 0 Å². The maximum Gasteiger partial charge on any atom is 0.312 e. The zero-order chi connectivity index (χ0) is 19.4. The Hall–Kier alpha value is -1.06. The minimum atomic E-state index is -0.222. The smallest absolute Gasteiger partial charge is 0.312 e. The molecule has 2 aromatic heterocycles. The number of benzene rings is 2. The SMILES string of the molecule is CCOC(=O)Cc1nc2ccc(Br)cc2s1.Clc1nc2ccc(Br)cc2s1. The Labute approximate surface area is 185 Å². The second kappa shape index (κ2) is 9.43. The van der Waals surface area contributed by atoms with Crippen molar-refractivity contribution in [1.82, 2.24) is 9.97 Å². The van der Waals surface area contributed by atoms with Crippen molar-refractivity contribution in [3.63, 3.8) is 0 Å². The van der Waals surface area contributed by atoms with E-state index in [-0.39, 0.29) is 12.4 Å². The third kappa shape index (κ3) is 5.71. The van der Waals surface area contributed by atoms with Crippen LogP contribution in [0.4, 0.5) is 0 Å². The Kier molecular flexibility index (Phi) is 7.22. The van der Waals surface area contributed by atoms with Gasteiger partial charge in [0, 0.05) is 8.95 Å². The molecule has 0 fully saturated rings. The number of thiazole rings is 2. The highest BCUT2D eigenvalue weighted by Gasteiger charge is 2.09. The number of aromatic nitrogens is 2. The molecule has 0 aliphatic rings. The first kappa shape index (κ1) is 20.7. The van der Waals surface area contributed by atoms with Gasteiger partial charge < -0.3 is 4.74 Å². The molecular formula is C18H13Br2ClN2O2S2. The van der Waals surface area contributed by atoms with E-state index in [9.17, 15) is 4.79 Å². The van der Waals surface area contributed by atoms with Crippen LogP contribution in [-0.2, 0) is 16.0 Å². The number of hydrogen-bond acceptors (Lipinski definition) is 6. The molecule has 27 heavy (non-hydrogen) atoms. The first-order valence-electron chi connectivity index (χ1n) is 7.87. The standard InChI is InChI=1S/C11H10BrNO2S.C7H3BrClNS/c1-2-15-11(14)6-10-13-8-4-3-7(12)5-9(8)16-10;8-4-1-2-5-6(3-4)11-7(9)10-5/h3-5H,2,6H2,1H3;1-3H. The summed E-state index contributed by atoms with van der Waals surface area (Å²) in [5.74, 6) is -0.222. The molecule has 0 unspecified atom stereocenters. The van der Waals surface area contributed by atoms with Crippen LogP contribution in [0.2, 0.25) is 4.47 Å². The number of carbonyl (C=O) groups excluding carboxylic acids is 1. The molecule has 0 N–H and O–H groups in total. The van der Waals surface area contributed by atoms with Crippen molar-refractivity contribution < 1.29 is 9.53 Å². The molecule has 0 saturated carbocycles. The largest absolute Gasteiger partial charge is 0.466 e. The fraction of sp³-hybridized carbons (Fsp3) is 0.167. The average Bonchev–Trinajstić information content (AvgIpc) is 3.16. The Morgan fingerprint density at radius 2 is 1.63 bits per heavy atom. The molecule has 0 bridgehead atoms. The fourth-order valence-corrected chi connectivity index (χ4v) is 5.31. The molecule has 0 saturated heterocycles. The van der Waals surface area contributed by atoms with Crippen molar-refractivity contribution in [2.75, 3.05) is 6.61 Å². The van der Waals surface area contributed by atoms with Gasteiger partial charge in [0.1, 0.15) is 5.01 Å². The predicted octanol–water partition coefficient (Wildman–Crippen LogP) is 6.88. The number of ether oxygens (including phenoxy) is 1. The van der Waals surface area contributed by atoms with Gasteiger partial charge in [-0.15, -0.1) is 22.7 Å². The zero-order valence-electron chi connectivity index (χ0n) is 14.0. The Morgan fingerprint density at radius 1 is 1.04 bits per heavy atom. The van der Waals surface area contributed by atoms with Crippen molar-refractivity contribution in [3.05, 3.63) is 54.8 Å². The van der Waals surface area contributed by atoms with Gasteiger partial charge in [-0.1, -0.05) is 43.5 Å². The van der Waals surface area contributed by atoms with Crippen LogP contribution in [0, 0.1) is 0 Å². The van der Waals surface area contributed by atoms with E-state index >= 15 is 0 Å². The van der Waals surface area contributed by atoms with Crippen molar-refractivity contribution in [3.8, 4) is 0 Å². The van der Waals surface area contributed by atoms with Crippen molar-refractivity contribution >= 4 is 92.5 Å². The molecule has 9 heteroatoms. The van der Waals surface area contributed by atoms with Gasteiger partial charge in [0.25, 0.3) is 0 Å². The zero-order valence-corrected chi connectivity index (χ0v) is 19.6. The van der Waals surface area contributed by atoms with E-state index in [4.69, 9.17) is 16.3 Å². The van der Waals surface area contributed by atoms with Crippen LogP contribution in [0.5, 0.6) is 0 Å². The molecule has 4 nitrogen and oxygen atoms in total. The molecular weight excluding hydrogens is 536 g/mol. The van der Waals surface area contributed by atoms with Gasteiger partial charge in [-0.25, -0.2) is 9.97 Å².